The quantitative estimate of drug-likeness (QED) is 0.604. The van der Waals surface area contributed by atoms with Gasteiger partial charge in [0.25, 0.3) is 0 Å². The molecule has 52 valence electrons. The van der Waals surface area contributed by atoms with Crippen molar-refractivity contribution >= 4 is 7.69 Å². The Hall–Kier alpha value is -1.03. The first-order chi connectivity index (χ1) is 4.83. The number of hydrogen-bond acceptors (Lipinski definition) is 2. The molecule has 0 aliphatic carbocycles. The molecule has 10 heavy (non-hydrogen) atoms. The van der Waals surface area contributed by atoms with E-state index in [0.29, 0.717) is 5.75 Å². The van der Waals surface area contributed by atoms with Gasteiger partial charge in [-0.3, -0.25) is 0 Å². The summed E-state index contributed by atoms with van der Waals surface area (Å²) in [6.45, 7) is 0. The zero-order valence-corrected chi connectivity index (χ0v) is 5.25. The summed E-state index contributed by atoms with van der Waals surface area (Å²) in [5.41, 5.74) is 0. The molecule has 1 aromatic rings. The minimum Gasteiger partial charge on any atom is -0.539 e. The zero-order chi connectivity index (χ0) is 7.40. The fourth-order valence-corrected chi connectivity index (χ4v) is 0.605. The maximum Gasteiger partial charge on any atom is 0.504 e. The molecule has 0 saturated carbocycles. The van der Waals surface area contributed by atoms with Crippen molar-refractivity contribution in [1.29, 1.82) is 0 Å². The van der Waals surface area contributed by atoms with Gasteiger partial charge in [0.2, 0.25) is 0 Å². The van der Waals surface area contributed by atoms with Crippen LogP contribution in [-0.2, 0) is 0 Å². The van der Waals surface area contributed by atoms with Gasteiger partial charge in [0.15, 0.2) is 0 Å². The van der Waals surface area contributed by atoms with E-state index < -0.39 is 0 Å². The molecule has 2 nitrogen and oxygen atoms in total. The Morgan fingerprint density at radius 2 is 1.90 bits per heavy atom. The number of benzene rings is 1. The van der Waals surface area contributed by atoms with E-state index >= 15 is 0 Å². The molecule has 0 aromatic heterocycles. The van der Waals surface area contributed by atoms with Crippen LogP contribution in [0.1, 0.15) is 0 Å². The molecule has 0 aliphatic rings. The highest BCUT2D eigenvalue weighted by atomic mass is 19.1. The van der Waals surface area contributed by atoms with Gasteiger partial charge in [0.1, 0.15) is 11.6 Å². The molecule has 0 bridgehead atoms. The monoisotopic (exact) mass is 140 g/mol. The molecule has 4 heteroatoms. The van der Waals surface area contributed by atoms with Gasteiger partial charge < -0.3 is 9.68 Å². The van der Waals surface area contributed by atoms with Crippen molar-refractivity contribution in [1.82, 2.24) is 0 Å². The lowest BCUT2D eigenvalue weighted by atomic mass is 10.3. The predicted octanol–water partition coefficient (Wildman–Crippen LogP) is 0.463. The Labute approximate surface area is 58.6 Å². The van der Waals surface area contributed by atoms with E-state index in [1.165, 1.54) is 24.3 Å². The molecule has 0 spiro atoms. The molecule has 0 unspecified atom stereocenters. The Morgan fingerprint density at radius 3 is 2.40 bits per heavy atom. The molecular weight excluding hydrogens is 134 g/mol. The molecular formula is C6H6BFO2. The van der Waals surface area contributed by atoms with Crippen LogP contribution in [0.25, 0.3) is 0 Å². The van der Waals surface area contributed by atoms with Crippen molar-refractivity contribution in [2.45, 2.75) is 0 Å². The van der Waals surface area contributed by atoms with E-state index in [2.05, 4.69) is 4.65 Å². The third-order valence-electron chi connectivity index (χ3n) is 1.04. The van der Waals surface area contributed by atoms with Gasteiger partial charge in [0.05, 0.1) is 0 Å². The first kappa shape index (κ1) is 7.09. The van der Waals surface area contributed by atoms with Crippen molar-refractivity contribution in [3.63, 3.8) is 0 Å². The lowest BCUT2D eigenvalue weighted by molar-refractivity contribution is 0.453. The van der Waals surface area contributed by atoms with E-state index in [1.807, 2.05) is 0 Å². The van der Waals surface area contributed by atoms with E-state index in [-0.39, 0.29) is 13.5 Å². The van der Waals surface area contributed by atoms with Crippen LogP contribution in [0.5, 0.6) is 5.75 Å². The maximum absolute atomic E-state index is 12.2. The second-order valence-corrected chi connectivity index (χ2v) is 1.73. The van der Waals surface area contributed by atoms with Crippen LogP contribution in [0.15, 0.2) is 24.3 Å². The maximum atomic E-state index is 12.2. The summed E-state index contributed by atoms with van der Waals surface area (Å²) in [6, 6.07) is 5.44. The van der Waals surface area contributed by atoms with Crippen LogP contribution in [0, 0.1) is 5.82 Å². The van der Waals surface area contributed by atoms with Crippen molar-refractivity contribution in [2.75, 3.05) is 0 Å². The standard InChI is InChI=1S/C6H6BFO2/c8-5-1-3-6(4-2-5)10-7-9/h1-4,7,9H. The summed E-state index contributed by atoms with van der Waals surface area (Å²) in [4.78, 5) is 0. The smallest absolute Gasteiger partial charge is 0.504 e. The van der Waals surface area contributed by atoms with E-state index in [4.69, 9.17) is 5.02 Å². The molecule has 0 radical (unpaired) electrons. The third kappa shape index (κ3) is 1.74. The summed E-state index contributed by atoms with van der Waals surface area (Å²) >= 11 is 0. The highest BCUT2D eigenvalue weighted by Gasteiger charge is 1.92. The highest BCUT2D eigenvalue weighted by molar-refractivity contribution is 6.17. The Bertz CT molecular complexity index is 199. The molecule has 0 heterocycles. The van der Waals surface area contributed by atoms with Crippen molar-refractivity contribution in [2.24, 2.45) is 0 Å². The Morgan fingerprint density at radius 1 is 1.30 bits per heavy atom. The third-order valence-corrected chi connectivity index (χ3v) is 1.04. The van der Waals surface area contributed by atoms with E-state index in [9.17, 15) is 4.39 Å². The molecule has 0 aliphatic heterocycles. The van der Waals surface area contributed by atoms with Gasteiger partial charge in [-0.05, 0) is 24.3 Å². The van der Waals surface area contributed by atoms with Crippen molar-refractivity contribution in [3.8, 4) is 5.75 Å². The fourth-order valence-electron chi connectivity index (χ4n) is 0.605. The van der Waals surface area contributed by atoms with Crippen LogP contribution in [-0.4, -0.2) is 12.7 Å². The topological polar surface area (TPSA) is 29.5 Å². The molecule has 0 fully saturated rings. The van der Waals surface area contributed by atoms with Crippen LogP contribution in [0.4, 0.5) is 4.39 Å². The second kappa shape index (κ2) is 3.22. The number of halogens is 1. The van der Waals surface area contributed by atoms with Gasteiger partial charge >= 0.3 is 7.69 Å². The van der Waals surface area contributed by atoms with Crippen LogP contribution in [0.3, 0.4) is 0 Å². The Kier molecular flexibility index (Phi) is 2.28. The van der Waals surface area contributed by atoms with Gasteiger partial charge in [-0.15, -0.1) is 0 Å². The summed E-state index contributed by atoms with van der Waals surface area (Å²) in [5, 5.41) is 8.27. The summed E-state index contributed by atoms with van der Waals surface area (Å²) < 4.78 is 16.9. The molecule has 1 aromatic carbocycles. The Balaban J connectivity index is 2.69. The first-order valence-electron chi connectivity index (χ1n) is 2.82. The van der Waals surface area contributed by atoms with Gasteiger partial charge in [0, 0.05) is 0 Å². The number of hydrogen-bond donors (Lipinski definition) is 1. The highest BCUT2D eigenvalue weighted by Crippen LogP contribution is 2.09. The van der Waals surface area contributed by atoms with Gasteiger partial charge in [-0.2, -0.15) is 0 Å². The summed E-state index contributed by atoms with van der Waals surface area (Å²) in [6.07, 6.45) is 0. The molecule has 1 N–H and O–H groups in total. The number of rotatable bonds is 2. The minimum absolute atomic E-state index is 0.315. The first-order valence-corrected chi connectivity index (χ1v) is 2.82. The molecule has 0 amide bonds. The van der Waals surface area contributed by atoms with Gasteiger partial charge in [-0.1, -0.05) is 0 Å². The SMILES string of the molecule is OBOc1ccc(F)cc1. The molecule has 1 rings (SSSR count). The fraction of sp³-hybridized carbons (Fsp3) is 0. The normalized spacial score (nSPS) is 9.00. The van der Waals surface area contributed by atoms with Crippen LogP contribution < -0.4 is 4.65 Å². The second-order valence-electron chi connectivity index (χ2n) is 1.73. The average molecular weight is 140 g/mol. The minimum atomic E-state index is -0.383. The van der Waals surface area contributed by atoms with Crippen molar-refractivity contribution < 1.29 is 14.1 Å². The van der Waals surface area contributed by atoms with Crippen LogP contribution >= 0.6 is 0 Å². The van der Waals surface area contributed by atoms with Crippen molar-refractivity contribution in [3.05, 3.63) is 30.1 Å². The molecule has 0 atom stereocenters. The zero-order valence-electron chi connectivity index (χ0n) is 5.25. The largest absolute Gasteiger partial charge is 0.539 e. The lowest BCUT2D eigenvalue weighted by Gasteiger charge is -1.98. The average Bonchev–Trinajstić information content (AvgIpc) is 1.95. The predicted molar refractivity (Wildman–Crippen MR) is 36.4 cm³/mol. The van der Waals surface area contributed by atoms with Crippen LogP contribution in [0.2, 0.25) is 0 Å². The van der Waals surface area contributed by atoms with E-state index in [0.717, 1.165) is 0 Å². The summed E-state index contributed by atoms with van der Waals surface area (Å²) in [5.74, 6) is 0.147. The molecule has 0 saturated heterocycles. The van der Waals surface area contributed by atoms with Gasteiger partial charge in [-0.25, -0.2) is 4.39 Å². The summed E-state index contributed by atoms with van der Waals surface area (Å²) in [7, 11) is -0.383. The van der Waals surface area contributed by atoms with E-state index in [1.54, 1.807) is 0 Å². The lowest BCUT2D eigenvalue weighted by Crippen LogP contribution is -1.99.